The molecule has 0 aromatic heterocycles. The molecule has 0 aliphatic heterocycles. The largest absolute Gasteiger partial charge is 0.452 e. The van der Waals surface area contributed by atoms with Gasteiger partial charge in [-0.2, -0.15) is 0 Å². The Kier molecular flexibility index (Phi) is 6.51. The number of amides is 1. The first-order valence-corrected chi connectivity index (χ1v) is 7.76. The highest BCUT2D eigenvalue weighted by Gasteiger charge is 2.11. The molecule has 126 valence electrons. The summed E-state index contributed by atoms with van der Waals surface area (Å²) >= 11 is 0. The van der Waals surface area contributed by atoms with Crippen molar-refractivity contribution >= 4 is 17.6 Å². The molecule has 0 spiro atoms. The highest BCUT2D eigenvalue weighted by Crippen LogP contribution is 2.15. The molecule has 2 aromatic rings. The fraction of sp³-hybridized carbons (Fsp3) is 0.263. The van der Waals surface area contributed by atoms with Crippen LogP contribution in [0, 0.1) is 0 Å². The lowest BCUT2D eigenvalue weighted by atomic mass is 10.1. The lowest BCUT2D eigenvalue weighted by Crippen LogP contribution is -2.21. The number of nitrogens with one attached hydrogen (secondary N) is 1. The van der Waals surface area contributed by atoms with Gasteiger partial charge in [0, 0.05) is 12.8 Å². The predicted molar refractivity (Wildman–Crippen MR) is 91.9 cm³/mol. The zero-order chi connectivity index (χ0) is 17.4. The minimum absolute atomic E-state index is 0.323. The zero-order valence-electron chi connectivity index (χ0n) is 13.9. The maximum atomic E-state index is 12.0. The van der Waals surface area contributed by atoms with Gasteiger partial charge in [-0.25, -0.2) is 4.79 Å². The number of rotatable bonds is 7. The maximum absolute atomic E-state index is 12.0. The predicted octanol–water partition coefficient (Wildman–Crippen LogP) is 3.19. The zero-order valence-corrected chi connectivity index (χ0v) is 13.9. The third-order valence-corrected chi connectivity index (χ3v) is 3.51. The number of anilines is 1. The first-order valence-electron chi connectivity index (χ1n) is 7.76. The molecule has 0 fully saturated rings. The number of carbonyl (C=O) groups excluding carboxylic acids is 2. The molecule has 0 saturated heterocycles. The number of benzene rings is 2. The number of hydrogen-bond donors (Lipinski definition) is 1. The molecule has 0 unspecified atom stereocenters. The number of methoxy groups -OCH3 is 1. The molecule has 0 heterocycles. The highest BCUT2D eigenvalue weighted by molar-refractivity contribution is 5.95. The Bertz CT molecular complexity index is 695. The lowest BCUT2D eigenvalue weighted by molar-refractivity contribution is -0.119. The number of hydrogen-bond acceptors (Lipinski definition) is 4. The summed E-state index contributed by atoms with van der Waals surface area (Å²) in [6.45, 7) is 2.17. The SMILES string of the molecule is CCc1ccccc1NC(=O)COC(=O)c1ccc(COC)cc1. The van der Waals surface area contributed by atoms with Crippen molar-refractivity contribution in [3.63, 3.8) is 0 Å². The number of ether oxygens (including phenoxy) is 2. The van der Waals surface area contributed by atoms with E-state index < -0.39 is 5.97 Å². The van der Waals surface area contributed by atoms with Gasteiger partial charge in [0.25, 0.3) is 5.91 Å². The van der Waals surface area contributed by atoms with Gasteiger partial charge in [-0.15, -0.1) is 0 Å². The Hall–Kier alpha value is -2.66. The summed E-state index contributed by atoms with van der Waals surface area (Å²) < 4.78 is 10.1. The minimum Gasteiger partial charge on any atom is -0.452 e. The summed E-state index contributed by atoms with van der Waals surface area (Å²) in [6, 6.07) is 14.4. The van der Waals surface area contributed by atoms with E-state index >= 15 is 0 Å². The van der Waals surface area contributed by atoms with Crippen molar-refractivity contribution in [2.45, 2.75) is 20.0 Å². The molecule has 0 saturated carbocycles. The van der Waals surface area contributed by atoms with Gasteiger partial charge in [-0.3, -0.25) is 4.79 Å². The summed E-state index contributed by atoms with van der Waals surface area (Å²) in [4.78, 5) is 23.9. The summed E-state index contributed by atoms with van der Waals surface area (Å²) in [5, 5.41) is 2.76. The topological polar surface area (TPSA) is 64.6 Å². The summed E-state index contributed by atoms with van der Waals surface area (Å²) in [5.41, 5.74) is 3.13. The van der Waals surface area contributed by atoms with Gasteiger partial charge in [0.05, 0.1) is 12.2 Å². The smallest absolute Gasteiger partial charge is 0.338 e. The average molecular weight is 327 g/mol. The fourth-order valence-electron chi connectivity index (χ4n) is 2.25. The van der Waals surface area contributed by atoms with E-state index in [2.05, 4.69) is 5.32 Å². The van der Waals surface area contributed by atoms with Crippen molar-refractivity contribution in [2.75, 3.05) is 19.0 Å². The third-order valence-electron chi connectivity index (χ3n) is 3.51. The Morgan fingerprint density at radius 2 is 1.75 bits per heavy atom. The number of esters is 1. The molecule has 24 heavy (non-hydrogen) atoms. The molecule has 0 bridgehead atoms. The molecule has 0 aliphatic carbocycles. The quantitative estimate of drug-likeness (QED) is 0.793. The third kappa shape index (κ3) is 4.93. The standard InChI is InChI=1S/C19H21NO4/c1-3-15-6-4-5-7-17(15)20-18(21)13-24-19(22)16-10-8-14(9-11-16)12-23-2/h4-11H,3,12-13H2,1-2H3,(H,20,21). The first-order chi connectivity index (χ1) is 11.6. The van der Waals surface area contributed by atoms with E-state index in [0.29, 0.717) is 12.2 Å². The van der Waals surface area contributed by atoms with Gasteiger partial charge >= 0.3 is 5.97 Å². The van der Waals surface area contributed by atoms with Gasteiger partial charge in [-0.05, 0) is 35.7 Å². The Morgan fingerprint density at radius 3 is 2.42 bits per heavy atom. The Balaban J connectivity index is 1.87. The van der Waals surface area contributed by atoms with Crippen molar-refractivity contribution < 1.29 is 19.1 Å². The van der Waals surface area contributed by atoms with E-state index in [1.54, 1.807) is 31.4 Å². The molecular formula is C19H21NO4. The second-order valence-electron chi connectivity index (χ2n) is 5.26. The van der Waals surface area contributed by atoms with Crippen LogP contribution in [0.25, 0.3) is 0 Å². The molecule has 2 aromatic carbocycles. The highest BCUT2D eigenvalue weighted by atomic mass is 16.5. The lowest BCUT2D eigenvalue weighted by Gasteiger charge is -2.10. The van der Waals surface area contributed by atoms with Crippen LogP contribution in [0.3, 0.4) is 0 Å². The van der Waals surface area contributed by atoms with Gasteiger partial charge in [0.1, 0.15) is 0 Å². The van der Waals surface area contributed by atoms with Crippen LogP contribution in [-0.4, -0.2) is 25.6 Å². The van der Waals surface area contributed by atoms with Gasteiger partial charge < -0.3 is 14.8 Å². The fourth-order valence-corrected chi connectivity index (χ4v) is 2.25. The molecule has 5 heteroatoms. The molecule has 1 amide bonds. The van der Waals surface area contributed by atoms with Gasteiger partial charge in [0.2, 0.25) is 0 Å². The first kappa shape index (κ1) is 17.7. The Morgan fingerprint density at radius 1 is 1.04 bits per heavy atom. The maximum Gasteiger partial charge on any atom is 0.338 e. The summed E-state index contributed by atoms with van der Waals surface area (Å²) in [7, 11) is 1.61. The van der Waals surface area contributed by atoms with Crippen LogP contribution in [0.5, 0.6) is 0 Å². The molecule has 1 N–H and O–H groups in total. The Labute approximate surface area is 141 Å². The second kappa shape index (κ2) is 8.84. The molecule has 0 atom stereocenters. The van der Waals surface area contributed by atoms with Crippen LogP contribution in [-0.2, 0) is 27.3 Å². The number of carbonyl (C=O) groups is 2. The van der Waals surface area contributed by atoms with Crippen LogP contribution < -0.4 is 5.32 Å². The van der Waals surface area contributed by atoms with E-state index in [1.807, 2.05) is 31.2 Å². The summed E-state index contributed by atoms with van der Waals surface area (Å²) in [6.07, 6.45) is 0.810. The van der Waals surface area contributed by atoms with Crippen LogP contribution in [0.1, 0.15) is 28.4 Å². The van der Waals surface area contributed by atoms with Crippen molar-refractivity contribution in [3.05, 3.63) is 65.2 Å². The van der Waals surface area contributed by atoms with E-state index in [4.69, 9.17) is 9.47 Å². The molecule has 2 rings (SSSR count). The van der Waals surface area contributed by atoms with Crippen molar-refractivity contribution in [1.82, 2.24) is 0 Å². The van der Waals surface area contributed by atoms with Gasteiger partial charge in [0.15, 0.2) is 6.61 Å². The number of para-hydroxylation sites is 1. The molecular weight excluding hydrogens is 306 g/mol. The minimum atomic E-state index is -0.530. The number of aryl methyl sites for hydroxylation is 1. The molecule has 0 radical (unpaired) electrons. The van der Waals surface area contributed by atoms with E-state index in [0.717, 1.165) is 23.2 Å². The normalized spacial score (nSPS) is 10.2. The van der Waals surface area contributed by atoms with Crippen LogP contribution in [0.15, 0.2) is 48.5 Å². The van der Waals surface area contributed by atoms with Crippen LogP contribution >= 0.6 is 0 Å². The summed E-state index contributed by atoms with van der Waals surface area (Å²) in [5.74, 6) is -0.891. The van der Waals surface area contributed by atoms with Gasteiger partial charge in [-0.1, -0.05) is 37.3 Å². The van der Waals surface area contributed by atoms with Crippen molar-refractivity contribution in [3.8, 4) is 0 Å². The second-order valence-corrected chi connectivity index (χ2v) is 5.26. The van der Waals surface area contributed by atoms with Crippen molar-refractivity contribution in [2.24, 2.45) is 0 Å². The van der Waals surface area contributed by atoms with E-state index in [-0.39, 0.29) is 12.5 Å². The average Bonchev–Trinajstić information content (AvgIpc) is 2.61. The monoisotopic (exact) mass is 327 g/mol. The molecule has 5 nitrogen and oxygen atoms in total. The van der Waals surface area contributed by atoms with E-state index in [1.165, 1.54) is 0 Å². The van der Waals surface area contributed by atoms with E-state index in [9.17, 15) is 9.59 Å². The van der Waals surface area contributed by atoms with Crippen LogP contribution in [0.2, 0.25) is 0 Å². The molecule has 0 aliphatic rings. The van der Waals surface area contributed by atoms with Crippen LogP contribution in [0.4, 0.5) is 5.69 Å². The van der Waals surface area contributed by atoms with Crippen molar-refractivity contribution in [1.29, 1.82) is 0 Å².